The molecule has 3 rings (SSSR count). The molecule has 122 valence electrons. The molecule has 3 aromatic rings. The van der Waals surface area contributed by atoms with Crippen LogP contribution in [0.25, 0.3) is 10.9 Å². The lowest BCUT2D eigenvalue weighted by atomic mass is 10.0. The van der Waals surface area contributed by atoms with E-state index in [2.05, 4.69) is 26.0 Å². The van der Waals surface area contributed by atoms with Gasteiger partial charge in [-0.2, -0.15) is 0 Å². The largest absolute Gasteiger partial charge is 0.477 e. The fourth-order valence-electron chi connectivity index (χ4n) is 2.83. The van der Waals surface area contributed by atoms with Gasteiger partial charge in [-0.25, -0.2) is 4.79 Å². The molecule has 0 bridgehead atoms. The number of carbonyl (C=O) groups is 1. The molecular formula is C20H19NO3. The van der Waals surface area contributed by atoms with Gasteiger partial charge >= 0.3 is 5.97 Å². The lowest BCUT2D eigenvalue weighted by Crippen LogP contribution is -2.19. The summed E-state index contributed by atoms with van der Waals surface area (Å²) in [6.07, 6.45) is 1.43. The predicted octanol–water partition coefficient (Wildman–Crippen LogP) is 3.87. The molecule has 0 saturated carbocycles. The highest BCUT2D eigenvalue weighted by Crippen LogP contribution is 2.17. The Morgan fingerprint density at radius 3 is 2.38 bits per heavy atom. The molecule has 4 nitrogen and oxygen atoms in total. The number of benzene rings is 2. The van der Waals surface area contributed by atoms with E-state index in [1.807, 2.05) is 28.8 Å². The Kier molecular flexibility index (Phi) is 4.21. The third-order valence-corrected chi connectivity index (χ3v) is 4.22. The summed E-state index contributed by atoms with van der Waals surface area (Å²) in [5.74, 6) is -0.736. The van der Waals surface area contributed by atoms with E-state index in [1.165, 1.54) is 11.8 Å². The molecule has 0 aliphatic rings. The maximum atomic E-state index is 12.3. The first-order valence-corrected chi connectivity index (χ1v) is 7.91. The van der Waals surface area contributed by atoms with Gasteiger partial charge < -0.3 is 9.67 Å². The van der Waals surface area contributed by atoms with Crippen molar-refractivity contribution in [1.82, 2.24) is 4.57 Å². The van der Waals surface area contributed by atoms with Gasteiger partial charge in [0.05, 0.1) is 5.52 Å². The fourth-order valence-corrected chi connectivity index (χ4v) is 2.83. The molecule has 1 heterocycles. The summed E-state index contributed by atoms with van der Waals surface area (Å²) in [5, 5.41) is 9.73. The van der Waals surface area contributed by atoms with E-state index in [9.17, 15) is 14.7 Å². The minimum Gasteiger partial charge on any atom is -0.477 e. The second-order valence-electron chi connectivity index (χ2n) is 6.22. The SMILES string of the molecule is CC(C)c1ccc(Cn2cc(C(=O)O)c(=O)c3ccccc32)cc1. The number of rotatable bonds is 4. The molecule has 0 spiro atoms. The first kappa shape index (κ1) is 16.0. The van der Waals surface area contributed by atoms with Crippen LogP contribution in [-0.4, -0.2) is 15.6 Å². The molecule has 0 fully saturated rings. The summed E-state index contributed by atoms with van der Waals surface area (Å²) in [5.41, 5.74) is 2.41. The monoisotopic (exact) mass is 321 g/mol. The van der Waals surface area contributed by atoms with Crippen molar-refractivity contribution in [3.8, 4) is 0 Å². The Hall–Kier alpha value is -2.88. The van der Waals surface area contributed by atoms with Crippen molar-refractivity contribution in [2.75, 3.05) is 0 Å². The van der Waals surface area contributed by atoms with Gasteiger partial charge in [0.1, 0.15) is 5.56 Å². The second-order valence-corrected chi connectivity index (χ2v) is 6.22. The van der Waals surface area contributed by atoms with Crippen molar-refractivity contribution >= 4 is 16.9 Å². The predicted molar refractivity (Wildman–Crippen MR) is 94.8 cm³/mol. The van der Waals surface area contributed by atoms with Crippen LogP contribution in [0.2, 0.25) is 0 Å². The number of nitrogens with zero attached hydrogens (tertiary/aromatic N) is 1. The molecule has 0 aliphatic carbocycles. The van der Waals surface area contributed by atoms with Gasteiger partial charge in [0, 0.05) is 18.1 Å². The van der Waals surface area contributed by atoms with Gasteiger partial charge in [-0.1, -0.05) is 50.2 Å². The molecule has 0 amide bonds. The number of aromatic carboxylic acids is 1. The summed E-state index contributed by atoms with van der Waals surface area (Å²) in [6.45, 7) is 4.80. The van der Waals surface area contributed by atoms with Crippen LogP contribution in [0.15, 0.2) is 59.5 Å². The van der Waals surface area contributed by atoms with E-state index in [-0.39, 0.29) is 5.56 Å². The summed E-state index contributed by atoms with van der Waals surface area (Å²) in [7, 11) is 0. The highest BCUT2D eigenvalue weighted by atomic mass is 16.4. The highest BCUT2D eigenvalue weighted by molar-refractivity contribution is 5.92. The maximum absolute atomic E-state index is 12.3. The Balaban J connectivity index is 2.10. The quantitative estimate of drug-likeness (QED) is 0.793. The van der Waals surface area contributed by atoms with Crippen LogP contribution in [0, 0.1) is 0 Å². The van der Waals surface area contributed by atoms with Crippen molar-refractivity contribution in [1.29, 1.82) is 0 Å². The molecule has 1 aromatic heterocycles. The van der Waals surface area contributed by atoms with Crippen LogP contribution < -0.4 is 5.43 Å². The maximum Gasteiger partial charge on any atom is 0.341 e. The lowest BCUT2D eigenvalue weighted by molar-refractivity contribution is 0.0695. The molecule has 0 radical (unpaired) electrons. The number of para-hydroxylation sites is 1. The number of pyridine rings is 1. The van der Waals surface area contributed by atoms with Crippen LogP contribution in [0.1, 0.15) is 41.3 Å². The van der Waals surface area contributed by atoms with Crippen molar-refractivity contribution in [2.45, 2.75) is 26.3 Å². The third-order valence-electron chi connectivity index (χ3n) is 4.22. The van der Waals surface area contributed by atoms with Crippen LogP contribution in [-0.2, 0) is 6.54 Å². The minimum atomic E-state index is -1.20. The molecule has 0 aliphatic heterocycles. The van der Waals surface area contributed by atoms with Crippen molar-refractivity contribution in [3.63, 3.8) is 0 Å². The van der Waals surface area contributed by atoms with Crippen molar-refractivity contribution in [2.24, 2.45) is 0 Å². The molecule has 2 aromatic carbocycles. The Labute approximate surface area is 140 Å². The number of carboxylic acids is 1. The molecule has 1 N–H and O–H groups in total. The molecule has 24 heavy (non-hydrogen) atoms. The van der Waals surface area contributed by atoms with E-state index in [0.29, 0.717) is 17.8 Å². The zero-order chi connectivity index (χ0) is 17.3. The zero-order valence-electron chi connectivity index (χ0n) is 13.7. The highest BCUT2D eigenvalue weighted by Gasteiger charge is 2.14. The molecule has 0 unspecified atom stereocenters. The van der Waals surface area contributed by atoms with Crippen LogP contribution >= 0.6 is 0 Å². The number of aromatic nitrogens is 1. The molecule has 0 atom stereocenters. The summed E-state index contributed by atoms with van der Waals surface area (Å²) < 4.78 is 1.82. The number of fused-ring (bicyclic) bond motifs is 1. The van der Waals surface area contributed by atoms with Gasteiger partial charge in [0.25, 0.3) is 0 Å². The van der Waals surface area contributed by atoms with Crippen molar-refractivity contribution in [3.05, 3.63) is 81.6 Å². The summed E-state index contributed by atoms with van der Waals surface area (Å²) in [6, 6.07) is 15.4. The topological polar surface area (TPSA) is 59.3 Å². The lowest BCUT2D eigenvalue weighted by Gasteiger charge is -2.13. The summed E-state index contributed by atoms with van der Waals surface area (Å²) in [4.78, 5) is 23.7. The Morgan fingerprint density at radius 2 is 1.75 bits per heavy atom. The fraction of sp³-hybridized carbons (Fsp3) is 0.200. The Bertz CT molecular complexity index is 953. The molecule has 0 saturated heterocycles. The van der Waals surface area contributed by atoms with E-state index < -0.39 is 11.4 Å². The second kappa shape index (κ2) is 6.32. The van der Waals surface area contributed by atoms with Crippen LogP contribution in [0.4, 0.5) is 0 Å². The third kappa shape index (κ3) is 2.95. The summed E-state index contributed by atoms with van der Waals surface area (Å²) >= 11 is 0. The van der Waals surface area contributed by atoms with Gasteiger partial charge in [0.15, 0.2) is 0 Å². The average molecular weight is 321 g/mol. The molecule has 4 heteroatoms. The first-order chi connectivity index (χ1) is 11.5. The number of hydrogen-bond acceptors (Lipinski definition) is 2. The van der Waals surface area contributed by atoms with Gasteiger partial charge in [-0.05, 0) is 29.2 Å². The number of hydrogen-bond donors (Lipinski definition) is 1. The number of carboxylic acid groups (broad SMARTS) is 1. The van der Waals surface area contributed by atoms with Gasteiger partial charge in [-0.15, -0.1) is 0 Å². The van der Waals surface area contributed by atoms with Gasteiger partial charge in [0.2, 0.25) is 5.43 Å². The average Bonchev–Trinajstić information content (AvgIpc) is 2.57. The normalized spacial score (nSPS) is 11.1. The van der Waals surface area contributed by atoms with Crippen LogP contribution in [0.5, 0.6) is 0 Å². The van der Waals surface area contributed by atoms with E-state index >= 15 is 0 Å². The van der Waals surface area contributed by atoms with E-state index in [0.717, 1.165) is 11.1 Å². The standard InChI is InChI=1S/C20H19NO3/c1-13(2)15-9-7-14(8-10-15)11-21-12-17(20(23)24)19(22)16-5-3-4-6-18(16)21/h3-10,12-13H,11H2,1-2H3,(H,23,24). The van der Waals surface area contributed by atoms with Gasteiger partial charge in [-0.3, -0.25) is 4.79 Å². The Morgan fingerprint density at radius 1 is 1.08 bits per heavy atom. The van der Waals surface area contributed by atoms with E-state index in [1.54, 1.807) is 12.1 Å². The van der Waals surface area contributed by atoms with E-state index in [4.69, 9.17) is 0 Å². The van der Waals surface area contributed by atoms with Crippen molar-refractivity contribution < 1.29 is 9.90 Å². The minimum absolute atomic E-state index is 0.201. The first-order valence-electron chi connectivity index (χ1n) is 7.91. The molecular weight excluding hydrogens is 302 g/mol. The zero-order valence-corrected chi connectivity index (χ0v) is 13.7. The smallest absolute Gasteiger partial charge is 0.341 e. The van der Waals surface area contributed by atoms with Crippen LogP contribution in [0.3, 0.4) is 0 Å².